The van der Waals surface area contributed by atoms with Gasteiger partial charge in [0.15, 0.2) is 0 Å². The predicted octanol–water partition coefficient (Wildman–Crippen LogP) is 1.67. The van der Waals surface area contributed by atoms with Gasteiger partial charge in [-0.3, -0.25) is 15.0 Å². The van der Waals surface area contributed by atoms with Crippen LogP contribution in [0.25, 0.3) is 0 Å². The number of amides is 1. The molecule has 0 bridgehead atoms. The molecule has 6 nitrogen and oxygen atoms in total. The fraction of sp³-hybridized carbons (Fsp3) is 0.529. The van der Waals surface area contributed by atoms with E-state index in [0.29, 0.717) is 13.2 Å². The Labute approximate surface area is 141 Å². The van der Waals surface area contributed by atoms with Crippen LogP contribution < -0.4 is 5.32 Å². The van der Waals surface area contributed by atoms with Crippen molar-refractivity contribution in [2.45, 2.75) is 13.3 Å². The summed E-state index contributed by atoms with van der Waals surface area (Å²) in [6.45, 7) is 6.96. The van der Waals surface area contributed by atoms with Crippen molar-refractivity contribution in [2.75, 3.05) is 46.0 Å². The van der Waals surface area contributed by atoms with Gasteiger partial charge in [0.1, 0.15) is 5.82 Å². The minimum absolute atomic E-state index is 0.180. The van der Waals surface area contributed by atoms with Crippen LogP contribution in [-0.4, -0.2) is 62.8 Å². The summed E-state index contributed by atoms with van der Waals surface area (Å²) >= 11 is 0. The number of aliphatic imine (C=N–C) groups is 1. The van der Waals surface area contributed by atoms with E-state index < -0.39 is 11.7 Å². The SMILES string of the molecule is CCCOC(=NCCN1CCOCC1)NC(=O)c1cccc(F)c1. The number of morpholine rings is 1. The van der Waals surface area contributed by atoms with E-state index in [1.165, 1.54) is 18.2 Å². The second kappa shape index (κ2) is 10.00. The van der Waals surface area contributed by atoms with Crippen molar-refractivity contribution in [1.82, 2.24) is 10.2 Å². The first-order chi connectivity index (χ1) is 11.7. The highest BCUT2D eigenvalue weighted by atomic mass is 19.1. The van der Waals surface area contributed by atoms with E-state index in [9.17, 15) is 9.18 Å². The quantitative estimate of drug-likeness (QED) is 0.634. The minimum atomic E-state index is -0.456. The van der Waals surface area contributed by atoms with Crippen molar-refractivity contribution in [1.29, 1.82) is 0 Å². The molecule has 1 saturated heterocycles. The van der Waals surface area contributed by atoms with E-state index >= 15 is 0 Å². The Kier molecular flexibility index (Phi) is 7.64. The topological polar surface area (TPSA) is 63.2 Å². The molecule has 1 aliphatic rings. The summed E-state index contributed by atoms with van der Waals surface area (Å²) in [4.78, 5) is 18.7. The van der Waals surface area contributed by atoms with E-state index in [1.54, 1.807) is 6.07 Å². The van der Waals surface area contributed by atoms with E-state index in [4.69, 9.17) is 9.47 Å². The van der Waals surface area contributed by atoms with Gasteiger partial charge in [0.25, 0.3) is 11.9 Å². The Morgan fingerprint density at radius 2 is 2.21 bits per heavy atom. The maximum atomic E-state index is 13.2. The largest absolute Gasteiger partial charge is 0.465 e. The average molecular weight is 337 g/mol. The summed E-state index contributed by atoms with van der Waals surface area (Å²) in [5.41, 5.74) is 0.232. The summed E-state index contributed by atoms with van der Waals surface area (Å²) in [7, 11) is 0. The van der Waals surface area contributed by atoms with E-state index in [1.807, 2.05) is 6.92 Å². The molecule has 0 saturated carbocycles. The fourth-order valence-electron chi connectivity index (χ4n) is 2.24. The van der Waals surface area contributed by atoms with Crippen molar-refractivity contribution >= 4 is 11.9 Å². The van der Waals surface area contributed by atoms with Crippen LogP contribution in [0.4, 0.5) is 4.39 Å². The third-order valence-corrected chi connectivity index (χ3v) is 3.53. The molecule has 0 atom stereocenters. The molecule has 1 aliphatic heterocycles. The monoisotopic (exact) mass is 337 g/mol. The number of carbonyl (C=O) groups excluding carboxylic acids is 1. The first-order valence-electron chi connectivity index (χ1n) is 8.23. The van der Waals surface area contributed by atoms with Gasteiger partial charge in [0, 0.05) is 25.2 Å². The molecule has 0 spiro atoms. The van der Waals surface area contributed by atoms with Gasteiger partial charge in [0.05, 0.1) is 26.4 Å². The number of nitrogens with one attached hydrogen (secondary N) is 1. The van der Waals surface area contributed by atoms with Crippen molar-refractivity contribution in [3.8, 4) is 0 Å². The molecular weight excluding hydrogens is 313 g/mol. The number of amidine groups is 1. The van der Waals surface area contributed by atoms with Crippen LogP contribution in [0.1, 0.15) is 23.7 Å². The molecule has 0 aliphatic carbocycles. The van der Waals surface area contributed by atoms with E-state index in [0.717, 1.165) is 39.3 Å². The molecule has 2 rings (SSSR count). The zero-order chi connectivity index (χ0) is 17.2. The number of halogens is 1. The number of benzene rings is 1. The van der Waals surface area contributed by atoms with E-state index in [-0.39, 0.29) is 11.6 Å². The molecule has 1 N–H and O–H groups in total. The Bertz CT molecular complexity index is 560. The lowest BCUT2D eigenvalue weighted by molar-refractivity contribution is 0.0394. The molecule has 1 aromatic rings. The molecule has 0 unspecified atom stereocenters. The number of hydrogen-bond donors (Lipinski definition) is 1. The van der Waals surface area contributed by atoms with Crippen LogP contribution in [-0.2, 0) is 9.47 Å². The third-order valence-electron chi connectivity index (χ3n) is 3.53. The molecule has 1 amide bonds. The zero-order valence-corrected chi connectivity index (χ0v) is 14.0. The van der Waals surface area contributed by atoms with Crippen molar-refractivity contribution < 1.29 is 18.7 Å². The Hall–Kier alpha value is -1.99. The van der Waals surface area contributed by atoms with Gasteiger partial charge >= 0.3 is 0 Å². The summed E-state index contributed by atoms with van der Waals surface area (Å²) in [5.74, 6) is -0.890. The number of hydrogen-bond acceptors (Lipinski definition) is 5. The highest BCUT2D eigenvalue weighted by Crippen LogP contribution is 2.03. The molecule has 0 radical (unpaired) electrons. The highest BCUT2D eigenvalue weighted by Gasteiger charge is 2.12. The van der Waals surface area contributed by atoms with Crippen LogP contribution in [0.2, 0.25) is 0 Å². The van der Waals surface area contributed by atoms with Crippen LogP contribution in [0, 0.1) is 5.82 Å². The number of ether oxygens (including phenoxy) is 2. The van der Waals surface area contributed by atoms with Crippen molar-refractivity contribution in [3.63, 3.8) is 0 Å². The van der Waals surface area contributed by atoms with Gasteiger partial charge in [-0.15, -0.1) is 0 Å². The second-order valence-corrected chi connectivity index (χ2v) is 5.45. The van der Waals surface area contributed by atoms with Gasteiger partial charge in [-0.25, -0.2) is 9.38 Å². The van der Waals surface area contributed by atoms with Gasteiger partial charge in [-0.2, -0.15) is 0 Å². The highest BCUT2D eigenvalue weighted by molar-refractivity contribution is 6.04. The van der Waals surface area contributed by atoms with Crippen LogP contribution in [0.3, 0.4) is 0 Å². The number of rotatable bonds is 6. The van der Waals surface area contributed by atoms with Crippen molar-refractivity contribution in [3.05, 3.63) is 35.6 Å². The molecular formula is C17H24FN3O3. The maximum absolute atomic E-state index is 13.2. The summed E-state index contributed by atoms with van der Waals surface area (Å²) in [6.07, 6.45) is 0.804. The predicted molar refractivity (Wildman–Crippen MR) is 89.7 cm³/mol. The van der Waals surface area contributed by atoms with Crippen molar-refractivity contribution in [2.24, 2.45) is 4.99 Å². The van der Waals surface area contributed by atoms with Gasteiger partial charge < -0.3 is 9.47 Å². The smallest absolute Gasteiger partial charge is 0.291 e. The number of nitrogens with zero attached hydrogens (tertiary/aromatic N) is 2. The van der Waals surface area contributed by atoms with E-state index in [2.05, 4.69) is 15.2 Å². The van der Waals surface area contributed by atoms with Gasteiger partial charge in [0.2, 0.25) is 0 Å². The molecule has 132 valence electrons. The molecule has 1 heterocycles. The van der Waals surface area contributed by atoms with Crippen LogP contribution >= 0.6 is 0 Å². The maximum Gasteiger partial charge on any atom is 0.291 e. The summed E-state index contributed by atoms with van der Waals surface area (Å²) < 4.78 is 24.0. The molecule has 7 heteroatoms. The van der Waals surface area contributed by atoms with Crippen LogP contribution in [0.5, 0.6) is 0 Å². The first-order valence-corrected chi connectivity index (χ1v) is 8.23. The molecule has 1 aromatic carbocycles. The lowest BCUT2D eigenvalue weighted by Gasteiger charge is -2.25. The Morgan fingerprint density at radius 3 is 2.92 bits per heavy atom. The normalized spacial score (nSPS) is 16.0. The third kappa shape index (κ3) is 6.25. The van der Waals surface area contributed by atoms with Gasteiger partial charge in [-0.05, 0) is 24.6 Å². The summed E-state index contributed by atoms with van der Waals surface area (Å²) in [5, 5.41) is 2.61. The average Bonchev–Trinajstić information content (AvgIpc) is 2.60. The second-order valence-electron chi connectivity index (χ2n) is 5.45. The zero-order valence-electron chi connectivity index (χ0n) is 14.0. The fourth-order valence-corrected chi connectivity index (χ4v) is 2.24. The first kappa shape index (κ1) is 18.4. The molecule has 24 heavy (non-hydrogen) atoms. The number of carbonyl (C=O) groups is 1. The van der Waals surface area contributed by atoms with Crippen LogP contribution in [0.15, 0.2) is 29.3 Å². The molecule has 1 fully saturated rings. The Balaban J connectivity index is 1.90. The Morgan fingerprint density at radius 1 is 1.42 bits per heavy atom. The minimum Gasteiger partial charge on any atom is -0.465 e. The lowest BCUT2D eigenvalue weighted by Crippen LogP contribution is -2.38. The van der Waals surface area contributed by atoms with Gasteiger partial charge in [-0.1, -0.05) is 13.0 Å². The lowest BCUT2D eigenvalue weighted by atomic mass is 10.2. The summed E-state index contributed by atoms with van der Waals surface area (Å²) in [6, 6.07) is 5.69. The standard InChI is InChI=1S/C17H24FN3O3/c1-2-10-24-17(19-6-7-21-8-11-23-12-9-21)20-16(22)14-4-3-5-15(18)13-14/h3-5,13H,2,6-12H2,1H3,(H,19,20,22). The molecule has 0 aromatic heterocycles.